The molecule has 0 aliphatic rings. The van der Waals surface area contributed by atoms with E-state index in [1.165, 1.54) is 4.90 Å². The zero-order chi connectivity index (χ0) is 12.8. The Balaban J connectivity index is 3.97. The van der Waals surface area contributed by atoms with Gasteiger partial charge in [0.15, 0.2) is 9.84 Å². The molecule has 0 aromatic carbocycles. The predicted molar refractivity (Wildman–Crippen MR) is 64.8 cm³/mol. The predicted octanol–water partition coefficient (Wildman–Crippen LogP) is 0.00690. The lowest BCUT2D eigenvalue weighted by Crippen LogP contribution is -2.30. The number of hydrogen-bond acceptors (Lipinski definition) is 4. The van der Waals surface area contributed by atoms with E-state index in [1.54, 1.807) is 14.1 Å². The van der Waals surface area contributed by atoms with E-state index in [4.69, 9.17) is 5.73 Å². The number of carbonyl (C=O) groups is 1. The fraction of sp³-hybridized carbons (Fsp3) is 0.900. The first kappa shape index (κ1) is 15.4. The van der Waals surface area contributed by atoms with E-state index in [9.17, 15) is 13.2 Å². The van der Waals surface area contributed by atoms with Crippen molar-refractivity contribution in [3.8, 4) is 0 Å². The third-order valence-corrected chi connectivity index (χ3v) is 4.18. The van der Waals surface area contributed by atoms with Crippen LogP contribution in [0.5, 0.6) is 0 Å². The van der Waals surface area contributed by atoms with E-state index >= 15 is 0 Å². The van der Waals surface area contributed by atoms with Crippen LogP contribution in [0.25, 0.3) is 0 Å². The topological polar surface area (TPSA) is 80.5 Å². The molecule has 0 aliphatic heterocycles. The molecule has 0 aromatic heterocycles. The molecule has 96 valence electrons. The van der Waals surface area contributed by atoms with Gasteiger partial charge in [0.25, 0.3) is 0 Å². The molecule has 0 rings (SSSR count). The number of nitrogens with two attached hydrogens (primary N) is 1. The molecule has 16 heavy (non-hydrogen) atoms. The summed E-state index contributed by atoms with van der Waals surface area (Å²) in [6, 6.07) is -0.297. The normalized spacial score (nSPS) is 13.5. The number of hydrogen-bond donors (Lipinski definition) is 1. The van der Waals surface area contributed by atoms with Crippen LogP contribution in [0.2, 0.25) is 0 Å². The summed E-state index contributed by atoms with van der Waals surface area (Å²) in [4.78, 5) is 12.7. The monoisotopic (exact) mass is 250 g/mol. The average Bonchev–Trinajstić information content (AvgIpc) is 2.16. The van der Waals surface area contributed by atoms with E-state index < -0.39 is 9.84 Å². The Morgan fingerprint density at radius 2 is 1.94 bits per heavy atom. The van der Waals surface area contributed by atoms with Crippen LogP contribution in [0.1, 0.15) is 26.2 Å². The summed E-state index contributed by atoms with van der Waals surface area (Å²) in [7, 11) is 0.203. The molecule has 1 unspecified atom stereocenters. The van der Waals surface area contributed by atoms with Crippen molar-refractivity contribution < 1.29 is 13.2 Å². The van der Waals surface area contributed by atoms with Crippen LogP contribution in [-0.4, -0.2) is 50.9 Å². The first-order valence-corrected chi connectivity index (χ1v) is 7.26. The average molecular weight is 250 g/mol. The highest BCUT2D eigenvalue weighted by Gasteiger charge is 2.15. The first-order chi connectivity index (χ1) is 7.28. The van der Waals surface area contributed by atoms with Gasteiger partial charge in [0.2, 0.25) is 5.91 Å². The Kier molecular flexibility index (Phi) is 6.59. The van der Waals surface area contributed by atoms with Gasteiger partial charge in [0.1, 0.15) is 0 Å². The van der Waals surface area contributed by atoms with Crippen LogP contribution in [0.15, 0.2) is 0 Å². The number of nitrogens with zero attached hydrogens (tertiary/aromatic N) is 1. The van der Waals surface area contributed by atoms with Crippen molar-refractivity contribution in [2.45, 2.75) is 32.2 Å². The van der Waals surface area contributed by atoms with Gasteiger partial charge < -0.3 is 10.6 Å². The Morgan fingerprint density at radius 3 is 2.38 bits per heavy atom. The summed E-state index contributed by atoms with van der Waals surface area (Å²) in [5, 5.41) is 0. The molecular weight excluding hydrogens is 228 g/mol. The summed E-state index contributed by atoms with van der Waals surface area (Å²) in [6.45, 7) is 1.86. The summed E-state index contributed by atoms with van der Waals surface area (Å²) in [5.41, 5.74) is 5.58. The molecule has 0 aromatic rings. The van der Waals surface area contributed by atoms with Gasteiger partial charge in [-0.05, 0) is 12.8 Å². The van der Waals surface area contributed by atoms with Crippen molar-refractivity contribution in [1.82, 2.24) is 4.90 Å². The smallest absolute Gasteiger partial charge is 0.222 e. The standard InChI is InChI=1S/C10H22N2O3S/c1-4-9(11)8-16(14,15)7-5-6-10(13)12(2)3/h9H,4-8,11H2,1-3H3. The third kappa shape index (κ3) is 6.79. The van der Waals surface area contributed by atoms with Crippen LogP contribution in [0.3, 0.4) is 0 Å². The molecule has 1 amide bonds. The molecule has 0 saturated heterocycles. The van der Waals surface area contributed by atoms with Crippen molar-refractivity contribution in [2.75, 3.05) is 25.6 Å². The molecule has 0 bridgehead atoms. The molecule has 1 atom stereocenters. The zero-order valence-corrected chi connectivity index (χ0v) is 11.1. The summed E-state index contributed by atoms with van der Waals surface area (Å²) in [5.74, 6) is 0.00919. The fourth-order valence-electron chi connectivity index (χ4n) is 1.19. The second-order valence-electron chi connectivity index (χ2n) is 4.17. The number of rotatable bonds is 7. The lowest BCUT2D eigenvalue weighted by atomic mass is 10.3. The van der Waals surface area contributed by atoms with Gasteiger partial charge in [0, 0.05) is 26.6 Å². The highest BCUT2D eigenvalue weighted by molar-refractivity contribution is 7.91. The van der Waals surface area contributed by atoms with Crippen molar-refractivity contribution in [3.05, 3.63) is 0 Å². The van der Waals surface area contributed by atoms with Crippen molar-refractivity contribution in [1.29, 1.82) is 0 Å². The van der Waals surface area contributed by atoms with Crippen molar-refractivity contribution in [3.63, 3.8) is 0 Å². The Hall–Kier alpha value is -0.620. The number of amides is 1. The summed E-state index contributed by atoms with van der Waals surface area (Å²) >= 11 is 0. The molecule has 6 heteroatoms. The van der Waals surface area contributed by atoms with Gasteiger partial charge in [-0.3, -0.25) is 4.79 Å². The highest BCUT2D eigenvalue weighted by Crippen LogP contribution is 2.02. The zero-order valence-electron chi connectivity index (χ0n) is 10.3. The largest absolute Gasteiger partial charge is 0.349 e. The van der Waals surface area contributed by atoms with Crippen molar-refractivity contribution >= 4 is 15.7 Å². The molecule has 0 aliphatic carbocycles. The van der Waals surface area contributed by atoms with Gasteiger partial charge in [-0.25, -0.2) is 8.42 Å². The van der Waals surface area contributed by atoms with Gasteiger partial charge >= 0.3 is 0 Å². The quantitative estimate of drug-likeness (QED) is 0.690. The maximum absolute atomic E-state index is 11.5. The Bertz CT molecular complexity index is 312. The minimum absolute atomic E-state index is 0.0135. The molecule has 2 N–H and O–H groups in total. The van der Waals surface area contributed by atoms with E-state index in [1.807, 2.05) is 6.92 Å². The van der Waals surface area contributed by atoms with Crippen LogP contribution < -0.4 is 5.73 Å². The molecular formula is C10H22N2O3S. The molecule has 0 spiro atoms. The van der Waals surface area contributed by atoms with Gasteiger partial charge in [-0.2, -0.15) is 0 Å². The first-order valence-electron chi connectivity index (χ1n) is 5.44. The van der Waals surface area contributed by atoms with E-state index in [-0.39, 0.29) is 29.9 Å². The van der Waals surface area contributed by atoms with Crippen LogP contribution in [-0.2, 0) is 14.6 Å². The minimum atomic E-state index is -3.11. The Morgan fingerprint density at radius 1 is 1.38 bits per heavy atom. The maximum Gasteiger partial charge on any atom is 0.222 e. The lowest BCUT2D eigenvalue weighted by molar-refractivity contribution is -0.128. The fourth-order valence-corrected chi connectivity index (χ4v) is 2.83. The van der Waals surface area contributed by atoms with E-state index in [0.29, 0.717) is 12.8 Å². The van der Waals surface area contributed by atoms with Gasteiger partial charge in [0.05, 0.1) is 11.5 Å². The van der Waals surface area contributed by atoms with Gasteiger partial charge in [-0.15, -0.1) is 0 Å². The molecule has 5 nitrogen and oxygen atoms in total. The van der Waals surface area contributed by atoms with E-state index in [2.05, 4.69) is 0 Å². The summed E-state index contributed by atoms with van der Waals surface area (Å²) < 4.78 is 23.1. The second kappa shape index (κ2) is 6.85. The van der Waals surface area contributed by atoms with Crippen LogP contribution in [0.4, 0.5) is 0 Å². The van der Waals surface area contributed by atoms with E-state index in [0.717, 1.165) is 0 Å². The van der Waals surface area contributed by atoms with Crippen LogP contribution in [0, 0.1) is 0 Å². The highest BCUT2D eigenvalue weighted by atomic mass is 32.2. The second-order valence-corrected chi connectivity index (χ2v) is 6.40. The lowest BCUT2D eigenvalue weighted by Gasteiger charge is -2.11. The number of sulfone groups is 1. The maximum atomic E-state index is 11.5. The summed E-state index contributed by atoms with van der Waals surface area (Å²) in [6.07, 6.45) is 1.29. The molecule has 0 radical (unpaired) electrons. The SMILES string of the molecule is CCC(N)CS(=O)(=O)CCCC(=O)N(C)C. The van der Waals surface area contributed by atoms with Crippen LogP contribution >= 0.6 is 0 Å². The number of carbonyl (C=O) groups excluding carboxylic acids is 1. The minimum Gasteiger partial charge on any atom is -0.349 e. The molecule has 0 saturated carbocycles. The Labute approximate surface area is 97.9 Å². The third-order valence-electron chi connectivity index (χ3n) is 2.34. The van der Waals surface area contributed by atoms with Gasteiger partial charge in [-0.1, -0.05) is 6.92 Å². The molecule has 0 fully saturated rings. The molecule has 0 heterocycles. The van der Waals surface area contributed by atoms with Crippen molar-refractivity contribution in [2.24, 2.45) is 5.73 Å².